The molecule has 0 radical (unpaired) electrons. The maximum Gasteiger partial charge on any atom is 0.285 e. The van der Waals surface area contributed by atoms with Gasteiger partial charge in [0.15, 0.2) is 11.1 Å². The third-order valence-electron chi connectivity index (χ3n) is 5.79. The van der Waals surface area contributed by atoms with Gasteiger partial charge in [-0.2, -0.15) is 0 Å². The molecule has 0 unspecified atom stereocenters. The van der Waals surface area contributed by atoms with Crippen LogP contribution in [0.1, 0.15) is 45.8 Å². The number of hydrogen-bond acceptors (Lipinski definition) is 7. The lowest BCUT2D eigenvalue weighted by Crippen LogP contribution is -2.31. The fraction of sp³-hybridized carbons (Fsp3) is 0.222. The van der Waals surface area contributed by atoms with Gasteiger partial charge in [-0.25, -0.2) is 18.1 Å². The van der Waals surface area contributed by atoms with Gasteiger partial charge in [-0.3, -0.25) is 9.59 Å². The van der Waals surface area contributed by atoms with E-state index in [0.717, 1.165) is 17.4 Å². The van der Waals surface area contributed by atoms with E-state index in [1.54, 1.807) is 32.0 Å². The second-order valence-corrected chi connectivity index (χ2v) is 10.6. The molecule has 0 aliphatic heterocycles. The van der Waals surface area contributed by atoms with E-state index in [-0.39, 0.29) is 11.1 Å². The zero-order valence-electron chi connectivity index (χ0n) is 20.7. The Kier molecular flexibility index (Phi) is 6.69. The molecule has 36 heavy (non-hydrogen) atoms. The van der Waals surface area contributed by atoms with Crippen molar-refractivity contribution in [2.24, 2.45) is 0 Å². The predicted octanol–water partition coefficient (Wildman–Crippen LogP) is 4.64. The highest BCUT2D eigenvalue weighted by molar-refractivity contribution is 7.89. The number of benzene rings is 2. The van der Waals surface area contributed by atoms with Crippen LogP contribution >= 0.6 is 0 Å². The number of aromatic nitrogens is 1. The van der Waals surface area contributed by atoms with E-state index < -0.39 is 22.0 Å². The summed E-state index contributed by atoms with van der Waals surface area (Å²) < 4.78 is 31.6. The number of fused-ring (bicyclic) bond motifs is 1. The third-order valence-corrected chi connectivity index (χ3v) is 6.35. The Bertz CT molecular complexity index is 1640. The van der Waals surface area contributed by atoms with Crippen LogP contribution in [0.5, 0.6) is 0 Å². The number of nitrogens with one attached hydrogen (secondary N) is 2. The first-order valence-corrected chi connectivity index (χ1v) is 13.2. The minimum absolute atomic E-state index is 0.0495. The summed E-state index contributed by atoms with van der Waals surface area (Å²) in [5.74, 6) is -0.339. The Hall–Kier alpha value is -3.98. The molecule has 0 saturated heterocycles. The van der Waals surface area contributed by atoms with E-state index in [9.17, 15) is 18.0 Å². The summed E-state index contributed by atoms with van der Waals surface area (Å²) >= 11 is 0. The van der Waals surface area contributed by atoms with Gasteiger partial charge >= 0.3 is 0 Å². The van der Waals surface area contributed by atoms with Crippen LogP contribution in [0.15, 0.2) is 63.8 Å². The van der Waals surface area contributed by atoms with E-state index in [1.165, 1.54) is 0 Å². The maximum absolute atomic E-state index is 13.3. The standard InChI is InChI=1S/C27H27N3O5S/c1-15-13-20(18(4)29-22-12-11-16(2)28-23(22)27(32)30-36(5,33)34)26-21(14-15)24(31)17(3)25(35-26)19-9-7-6-8-10-19/h6-14,18,29H,1-5H3,(H,30,32)/t18-/m1/s1. The quantitative estimate of drug-likeness (QED) is 0.392. The van der Waals surface area contributed by atoms with Crippen LogP contribution in [0.25, 0.3) is 22.3 Å². The predicted molar refractivity (Wildman–Crippen MR) is 141 cm³/mol. The van der Waals surface area contributed by atoms with E-state index in [0.29, 0.717) is 39.2 Å². The largest absolute Gasteiger partial charge is 0.455 e. The van der Waals surface area contributed by atoms with Gasteiger partial charge in [0.1, 0.15) is 11.3 Å². The molecule has 8 nitrogen and oxygen atoms in total. The molecule has 2 aromatic carbocycles. The summed E-state index contributed by atoms with van der Waals surface area (Å²) in [5, 5.41) is 3.72. The van der Waals surface area contributed by atoms with Gasteiger partial charge in [0.25, 0.3) is 5.91 Å². The lowest BCUT2D eigenvalue weighted by molar-refractivity contribution is 0.0977. The van der Waals surface area contributed by atoms with Crippen LogP contribution in [0.4, 0.5) is 5.69 Å². The average Bonchev–Trinajstić information content (AvgIpc) is 2.81. The van der Waals surface area contributed by atoms with Crippen molar-refractivity contribution >= 4 is 32.6 Å². The molecule has 1 amide bonds. The molecular formula is C27H27N3O5S. The summed E-state index contributed by atoms with van der Waals surface area (Å²) in [6.45, 7) is 7.23. The minimum atomic E-state index is -3.77. The molecule has 9 heteroatoms. The third kappa shape index (κ3) is 5.16. The van der Waals surface area contributed by atoms with Gasteiger partial charge in [0, 0.05) is 22.4 Å². The molecule has 0 aliphatic rings. The van der Waals surface area contributed by atoms with E-state index >= 15 is 0 Å². The number of nitrogens with zero attached hydrogens (tertiary/aromatic N) is 1. The fourth-order valence-electron chi connectivity index (χ4n) is 4.13. The fourth-order valence-corrected chi connectivity index (χ4v) is 4.56. The molecule has 4 rings (SSSR count). The Balaban J connectivity index is 1.83. The second kappa shape index (κ2) is 9.58. The number of rotatable bonds is 6. The lowest BCUT2D eigenvalue weighted by Gasteiger charge is -2.20. The highest BCUT2D eigenvalue weighted by Gasteiger charge is 2.22. The topological polar surface area (TPSA) is 118 Å². The van der Waals surface area contributed by atoms with Crippen molar-refractivity contribution in [1.82, 2.24) is 9.71 Å². The smallest absolute Gasteiger partial charge is 0.285 e. The van der Waals surface area contributed by atoms with Gasteiger partial charge in [-0.1, -0.05) is 36.4 Å². The van der Waals surface area contributed by atoms with Crippen LogP contribution in [-0.2, 0) is 10.0 Å². The van der Waals surface area contributed by atoms with E-state index in [1.807, 2.05) is 55.0 Å². The first kappa shape index (κ1) is 25.1. The summed E-state index contributed by atoms with van der Waals surface area (Å²) in [6, 6.07) is 16.1. The molecular weight excluding hydrogens is 478 g/mol. The normalized spacial score (nSPS) is 12.4. The van der Waals surface area contributed by atoms with Crippen molar-refractivity contribution in [3.05, 3.63) is 92.9 Å². The highest BCUT2D eigenvalue weighted by atomic mass is 32.2. The molecule has 2 heterocycles. The highest BCUT2D eigenvalue weighted by Crippen LogP contribution is 2.32. The number of aryl methyl sites for hydroxylation is 2. The summed E-state index contributed by atoms with van der Waals surface area (Å²) in [7, 11) is -3.77. The zero-order valence-corrected chi connectivity index (χ0v) is 21.5. The van der Waals surface area contributed by atoms with Crippen LogP contribution in [0, 0.1) is 20.8 Å². The summed E-state index contributed by atoms with van der Waals surface area (Å²) in [6.07, 6.45) is 0.906. The molecule has 186 valence electrons. The van der Waals surface area contributed by atoms with Crippen molar-refractivity contribution in [3.8, 4) is 11.3 Å². The number of pyridine rings is 1. The van der Waals surface area contributed by atoms with E-state index in [4.69, 9.17) is 4.42 Å². The minimum Gasteiger partial charge on any atom is -0.455 e. The first-order valence-electron chi connectivity index (χ1n) is 11.3. The number of carbonyl (C=O) groups is 1. The van der Waals surface area contributed by atoms with Gasteiger partial charge in [-0.15, -0.1) is 0 Å². The Morgan fingerprint density at radius 2 is 1.72 bits per heavy atom. The monoisotopic (exact) mass is 505 g/mol. The molecule has 0 fully saturated rings. The van der Waals surface area contributed by atoms with Crippen LogP contribution in [0.2, 0.25) is 0 Å². The van der Waals surface area contributed by atoms with Crippen LogP contribution in [-0.4, -0.2) is 25.6 Å². The number of amides is 1. The van der Waals surface area contributed by atoms with E-state index in [2.05, 4.69) is 10.3 Å². The zero-order chi connectivity index (χ0) is 26.2. The van der Waals surface area contributed by atoms with Gasteiger partial charge in [0.2, 0.25) is 10.0 Å². The van der Waals surface area contributed by atoms with Crippen molar-refractivity contribution in [2.75, 3.05) is 11.6 Å². The molecule has 0 saturated carbocycles. The molecule has 4 aromatic rings. The van der Waals surface area contributed by atoms with Crippen LogP contribution < -0.4 is 15.5 Å². The first-order chi connectivity index (χ1) is 16.9. The SMILES string of the molecule is Cc1cc([C@@H](C)Nc2ccc(C)nc2C(=O)NS(C)(=O)=O)c2oc(-c3ccccc3)c(C)c(=O)c2c1. The molecule has 2 aromatic heterocycles. The number of carbonyl (C=O) groups excluding carboxylic acids is 1. The Morgan fingerprint density at radius 3 is 2.39 bits per heavy atom. The Morgan fingerprint density at radius 1 is 1.03 bits per heavy atom. The average molecular weight is 506 g/mol. The van der Waals surface area contributed by atoms with Crippen molar-refractivity contribution in [2.45, 2.75) is 33.7 Å². The molecule has 0 bridgehead atoms. The molecule has 1 atom stereocenters. The number of sulfonamides is 1. The van der Waals surface area contributed by atoms with Crippen molar-refractivity contribution in [3.63, 3.8) is 0 Å². The van der Waals surface area contributed by atoms with Gasteiger partial charge in [0.05, 0.1) is 23.4 Å². The summed E-state index contributed by atoms with van der Waals surface area (Å²) in [5.41, 5.74) is 4.10. The molecule has 0 aliphatic carbocycles. The van der Waals surface area contributed by atoms with Crippen molar-refractivity contribution in [1.29, 1.82) is 0 Å². The lowest BCUT2D eigenvalue weighted by atomic mass is 9.98. The maximum atomic E-state index is 13.3. The van der Waals surface area contributed by atoms with Gasteiger partial charge < -0.3 is 9.73 Å². The van der Waals surface area contributed by atoms with Crippen LogP contribution in [0.3, 0.4) is 0 Å². The molecule has 2 N–H and O–H groups in total. The number of anilines is 1. The summed E-state index contributed by atoms with van der Waals surface area (Å²) in [4.78, 5) is 30.2. The molecule has 0 spiro atoms. The van der Waals surface area contributed by atoms with Crippen molar-refractivity contribution < 1.29 is 17.6 Å². The van der Waals surface area contributed by atoms with Gasteiger partial charge in [-0.05, 0) is 51.5 Å². The number of hydrogen-bond donors (Lipinski definition) is 2. The second-order valence-electron chi connectivity index (χ2n) is 8.90. The Labute approximate surface area is 209 Å².